The highest BCUT2D eigenvalue weighted by atomic mass is 32.1. The van der Waals surface area contributed by atoms with E-state index in [1.165, 1.54) is 102 Å². The summed E-state index contributed by atoms with van der Waals surface area (Å²) in [6.45, 7) is 0. The third kappa shape index (κ3) is 6.30. The van der Waals surface area contributed by atoms with Gasteiger partial charge < -0.3 is 4.90 Å². The summed E-state index contributed by atoms with van der Waals surface area (Å²) in [5.41, 5.74) is 13.1. The van der Waals surface area contributed by atoms with Crippen LogP contribution in [0.2, 0.25) is 0 Å². The lowest BCUT2D eigenvalue weighted by Crippen LogP contribution is -2.10. The molecule has 0 aliphatic rings. The van der Waals surface area contributed by atoms with Gasteiger partial charge in [0.15, 0.2) is 0 Å². The summed E-state index contributed by atoms with van der Waals surface area (Å²) in [5.74, 6) is 0. The summed E-state index contributed by atoms with van der Waals surface area (Å²) in [6, 6.07) is 91.5. The molecule has 0 aliphatic carbocycles. The molecular weight excluding hydrogens is 815 g/mol. The van der Waals surface area contributed by atoms with Gasteiger partial charge in [-0.05, 0) is 125 Å². The van der Waals surface area contributed by atoms with Crippen molar-refractivity contribution >= 4 is 91.7 Å². The van der Waals surface area contributed by atoms with Gasteiger partial charge in [0.2, 0.25) is 0 Å². The van der Waals surface area contributed by atoms with Gasteiger partial charge in [-0.25, -0.2) is 0 Å². The van der Waals surface area contributed by atoms with Gasteiger partial charge in [0, 0.05) is 36.9 Å². The van der Waals surface area contributed by atoms with Crippen LogP contribution in [-0.4, -0.2) is 0 Å². The fraction of sp³-hybridized carbons (Fsp3) is 0. The number of thiophene rings is 1. The van der Waals surface area contributed by atoms with Crippen molar-refractivity contribution in [3.05, 3.63) is 249 Å². The highest BCUT2D eigenvalue weighted by Crippen LogP contribution is 2.47. The Labute approximate surface area is 387 Å². The Hall–Kier alpha value is -8.30. The van der Waals surface area contributed by atoms with E-state index in [4.69, 9.17) is 0 Å². The number of benzene rings is 12. The molecule has 0 N–H and O–H groups in total. The molecule has 1 heterocycles. The van der Waals surface area contributed by atoms with Crippen LogP contribution in [0.5, 0.6) is 0 Å². The van der Waals surface area contributed by atoms with Gasteiger partial charge >= 0.3 is 0 Å². The number of rotatable bonds is 7. The second-order valence-corrected chi connectivity index (χ2v) is 18.2. The third-order valence-corrected chi connectivity index (χ3v) is 14.7. The molecule has 0 saturated heterocycles. The Balaban J connectivity index is 1.00. The van der Waals surface area contributed by atoms with Crippen LogP contribution in [0, 0.1) is 0 Å². The number of nitrogens with zero attached hydrogens (tertiary/aromatic N) is 1. The van der Waals surface area contributed by atoms with Gasteiger partial charge in [0.05, 0.1) is 5.69 Å². The quantitative estimate of drug-likeness (QED) is 0.144. The molecule has 0 spiro atoms. The molecule has 13 aromatic rings. The van der Waals surface area contributed by atoms with Crippen LogP contribution >= 0.6 is 11.3 Å². The highest BCUT2D eigenvalue weighted by molar-refractivity contribution is 7.26. The second kappa shape index (κ2) is 15.7. The molecule has 1 aromatic heterocycles. The van der Waals surface area contributed by atoms with Crippen molar-refractivity contribution in [2.75, 3.05) is 4.90 Å². The van der Waals surface area contributed by atoms with E-state index in [1.807, 2.05) is 11.3 Å². The minimum Gasteiger partial charge on any atom is -0.310 e. The smallest absolute Gasteiger partial charge is 0.0540 e. The summed E-state index contributed by atoms with van der Waals surface area (Å²) >= 11 is 1.88. The van der Waals surface area contributed by atoms with Crippen molar-refractivity contribution in [2.45, 2.75) is 0 Å². The highest BCUT2D eigenvalue weighted by Gasteiger charge is 2.21. The average molecular weight is 856 g/mol. The molecule has 66 heavy (non-hydrogen) atoms. The average Bonchev–Trinajstić information content (AvgIpc) is 3.78. The van der Waals surface area contributed by atoms with Crippen molar-refractivity contribution in [1.29, 1.82) is 0 Å². The van der Waals surface area contributed by atoms with Crippen molar-refractivity contribution in [3.8, 4) is 44.5 Å². The van der Waals surface area contributed by atoms with E-state index in [-0.39, 0.29) is 0 Å². The first-order chi connectivity index (χ1) is 32.7. The van der Waals surface area contributed by atoms with Gasteiger partial charge in [-0.3, -0.25) is 0 Å². The first-order valence-corrected chi connectivity index (χ1v) is 23.5. The molecule has 0 amide bonds. The minimum absolute atomic E-state index is 1.10. The molecule has 0 bridgehead atoms. The molecule has 0 fully saturated rings. The zero-order valence-corrected chi connectivity index (χ0v) is 36.8. The van der Waals surface area contributed by atoms with Crippen LogP contribution in [0.1, 0.15) is 0 Å². The summed E-state index contributed by atoms with van der Waals surface area (Å²) < 4.78 is 2.64. The van der Waals surface area contributed by atoms with Gasteiger partial charge in [-0.2, -0.15) is 0 Å². The van der Waals surface area contributed by atoms with Crippen molar-refractivity contribution < 1.29 is 0 Å². The molecule has 0 aliphatic heterocycles. The topological polar surface area (TPSA) is 3.24 Å². The van der Waals surface area contributed by atoms with Gasteiger partial charge in [-0.15, -0.1) is 11.3 Å². The lowest BCUT2D eigenvalue weighted by atomic mass is 9.84. The van der Waals surface area contributed by atoms with Gasteiger partial charge in [0.25, 0.3) is 0 Å². The van der Waals surface area contributed by atoms with Crippen LogP contribution in [0.25, 0.3) is 108 Å². The maximum atomic E-state index is 2.45. The van der Waals surface area contributed by atoms with Crippen LogP contribution in [-0.2, 0) is 0 Å². The molecule has 0 atom stereocenters. The molecule has 0 radical (unpaired) electrons. The monoisotopic (exact) mass is 855 g/mol. The van der Waals surface area contributed by atoms with E-state index in [0.29, 0.717) is 0 Å². The summed E-state index contributed by atoms with van der Waals surface area (Å²) in [6.07, 6.45) is 0. The molecule has 308 valence electrons. The van der Waals surface area contributed by atoms with Gasteiger partial charge in [0.1, 0.15) is 0 Å². The molecule has 0 unspecified atom stereocenters. The zero-order chi connectivity index (χ0) is 43.6. The Morgan fingerprint density at radius 3 is 1.62 bits per heavy atom. The van der Waals surface area contributed by atoms with Crippen LogP contribution < -0.4 is 4.90 Å². The van der Waals surface area contributed by atoms with Crippen LogP contribution in [0.4, 0.5) is 17.1 Å². The maximum Gasteiger partial charge on any atom is 0.0540 e. The molecular formula is C64H41NS. The Morgan fingerprint density at radius 2 is 0.818 bits per heavy atom. The van der Waals surface area contributed by atoms with E-state index in [9.17, 15) is 0 Å². The SMILES string of the molecule is c1ccc(-c2c(-c3ccccc3)c3cc(-c4cccc(N(c5ccc(-c6cccc7c6sc6ccccc67)cc5)c5cccc6c5ccc5ccccc56)c4)ccc3c3ccccc23)cc1. The third-order valence-electron chi connectivity index (χ3n) is 13.4. The Morgan fingerprint density at radius 1 is 0.273 bits per heavy atom. The van der Waals surface area contributed by atoms with Crippen molar-refractivity contribution in [2.24, 2.45) is 0 Å². The van der Waals surface area contributed by atoms with E-state index in [2.05, 4.69) is 254 Å². The van der Waals surface area contributed by atoms with Crippen molar-refractivity contribution in [1.82, 2.24) is 0 Å². The lowest BCUT2D eigenvalue weighted by molar-refractivity contribution is 1.30. The molecule has 1 nitrogen and oxygen atoms in total. The van der Waals surface area contributed by atoms with E-state index >= 15 is 0 Å². The van der Waals surface area contributed by atoms with Crippen LogP contribution in [0.15, 0.2) is 249 Å². The lowest BCUT2D eigenvalue weighted by Gasteiger charge is -2.28. The molecule has 2 heteroatoms. The molecule has 0 saturated carbocycles. The summed E-state index contributed by atoms with van der Waals surface area (Å²) in [4.78, 5) is 2.45. The minimum atomic E-state index is 1.10. The van der Waals surface area contributed by atoms with Crippen molar-refractivity contribution in [3.63, 3.8) is 0 Å². The summed E-state index contributed by atoms with van der Waals surface area (Å²) in [5, 5.41) is 12.6. The fourth-order valence-electron chi connectivity index (χ4n) is 10.4. The molecule has 12 aromatic carbocycles. The normalized spacial score (nSPS) is 11.6. The first-order valence-electron chi connectivity index (χ1n) is 22.7. The number of hydrogen-bond donors (Lipinski definition) is 0. The number of fused-ring (bicyclic) bond motifs is 9. The maximum absolute atomic E-state index is 2.45. The van der Waals surface area contributed by atoms with E-state index in [0.717, 1.165) is 22.6 Å². The summed E-state index contributed by atoms with van der Waals surface area (Å²) in [7, 11) is 0. The van der Waals surface area contributed by atoms with Crippen LogP contribution in [0.3, 0.4) is 0 Å². The standard InChI is InChI=1S/C64H41NS/c1-3-17-44(18-4-1)62-57-26-10-9-24-53(57)54-38-35-47(41-59(54)63(62)45-19-5-2-6-20-45)46-21-13-22-49(40-46)65(60-30-15-28-52-50-23-8-7-16-42(50)34-39-55(52)60)48-36-32-43(33-37-48)51-27-14-29-58-56-25-11-12-31-61(56)66-64(51)58/h1-41H. The van der Waals surface area contributed by atoms with Gasteiger partial charge in [-0.1, -0.05) is 206 Å². The first kappa shape index (κ1) is 38.2. The second-order valence-electron chi connectivity index (χ2n) is 17.2. The Kier molecular flexibility index (Phi) is 9.11. The van der Waals surface area contributed by atoms with E-state index < -0.39 is 0 Å². The Bertz CT molecular complexity index is 3980. The zero-order valence-electron chi connectivity index (χ0n) is 36.0. The van der Waals surface area contributed by atoms with E-state index in [1.54, 1.807) is 0 Å². The predicted octanol–water partition coefficient (Wildman–Crippen LogP) is 18.8. The fourth-order valence-corrected chi connectivity index (χ4v) is 11.7. The largest absolute Gasteiger partial charge is 0.310 e. The predicted molar refractivity (Wildman–Crippen MR) is 286 cm³/mol. The molecule has 13 rings (SSSR count). The number of anilines is 3. The number of hydrogen-bond acceptors (Lipinski definition) is 2.